The predicted octanol–water partition coefficient (Wildman–Crippen LogP) is 2.59. The van der Waals surface area contributed by atoms with Gasteiger partial charge in [-0.05, 0) is 49.4 Å². The molecule has 0 bridgehead atoms. The standard InChI is InChI=1S/C22H33N3O3/c1-17-6-7-18(14-19(17)28-2)21(27)25-12-10-24(11-13-25)20(26)15-22(16-23)8-4-3-5-9-22/h6-7,14H,3-5,8-13,15-16,23H2,1-2H3. The summed E-state index contributed by atoms with van der Waals surface area (Å²) in [5.74, 6) is 0.909. The van der Waals surface area contributed by atoms with Crippen molar-refractivity contribution < 1.29 is 14.3 Å². The number of ether oxygens (including phenoxy) is 1. The molecule has 6 nitrogen and oxygen atoms in total. The van der Waals surface area contributed by atoms with Gasteiger partial charge in [-0.2, -0.15) is 0 Å². The molecular weight excluding hydrogens is 354 g/mol. The summed E-state index contributed by atoms with van der Waals surface area (Å²) in [5, 5.41) is 0. The molecule has 1 aliphatic heterocycles. The van der Waals surface area contributed by atoms with E-state index in [1.165, 1.54) is 19.3 Å². The fourth-order valence-corrected chi connectivity index (χ4v) is 4.48. The van der Waals surface area contributed by atoms with Gasteiger partial charge >= 0.3 is 0 Å². The number of amides is 2. The Labute approximate surface area is 168 Å². The number of carbonyl (C=O) groups is 2. The highest BCUT2D eigenvalue weighted by Crippen LogP contribution is 2.38. The summed E-state index contributed by atoms with van der Waals surface area (Å²) in [7, 11) is 1.61. The second kappa shape index (κ2) is 8.95. The van der Waals surface area contributed by atoms with Crippen molar-refractivity contribution in [3.05, 3.63) is 29.3 Å². The maximum atomic E-state index is 12.8. The van der Waals surface area contributed by atoms with Gasteiger partial charge in [0.1, 0.15) is 5.75 Å². The first kappa shape index (κ1) is 20.6. The normalized spacial score (nSPS) is 19.4. The quantitative estimate of drug-likeness (QED) is 0.843. The molecule has 0 aromatic heterocycles. The number of benzene rings is 1. The summed E-state index contributed by atoms with van der Waals surface area (Å²) in [6.07, 6.45) is 6.26. The van der Waals surface area contributed by atoms with Crippen molar-refractivity contribution >= 4 is 11.8 Å². The van der Waals surface area contributed by atoms with Gasteiger partial charge in [0.2, 0.25) is 5.91 Å². The molecule has 0 radical (unpaired) electrons. The zero-order chi connectivity index (χ0) is 20.1. The highest BCUT2D eigenvalue weighted by atomic mass is 16.5. The number of nitrogens with two attached hydrogens (primary N) is 1. The molecule has 0 atom stereocenters. The van der Waals surface area contributed by atoms with Gasteiger partial charge in [0.15, 0.2) is 0 Å². The molecule has 154 valence electrons. The molecular formula is C22H33N3O3. The molecule has 2 aliphatic rings. The molecule has 0 unspecified atom stereocenters. The Kier molecular flexibility index (Phi) is 6.60. The molecule has 2 amide bonds. The van der Waals surface area contributed by atoms with Gasteiger partial charge in [0, 0.05) is 38.2 Å². The minimum Gasteiger partial charge on any atom is -0.496 e. The average molecular weight is 388 g/mol. The van der Waals surface area contributed by atoms with E-state index in [2.05, 4.69) is 0 Å². The van der Waals surface area contributed by atoms with E-state index in [-0.39, 0.29) is 17.2 Å². The zero-order valence-electron chi connectivity index (χ0n) is 17.2. The van der Waals surface area contributed by atoms with Crippen LogP contribution in [0.3, 0.4) is 0 Å². The lowest BCUT2D eigenvalue weighted by atomic mass is 9.71. The fourth-order valence-electron chi connectivity index (χ4n) is 4.48. The molecule has 1 heterocycles. The molecule has 2 fully saturated rings. The van der Waals surface area contributed by atoms with Gasteiger partial charge in [-0.15, -0.1) is 0 Å². The van der Waals surface area contributed by atoms with E-state index < -0.39 is 0 Å². The number of methoxy groups -OCH3 is 1. The van der Waals surface area contributed by atoms with E-state index in [1.54, 1.807) is 13.2 Å². The Hall–Kier alpha value is -2.08. The average Bonchev–Trinajstić information content (AvgIpc) is 2.74. The summed E-state index contributed by atoms with van der Waals surface area (Å²) < 4.78 is 5.33. The monoisotopic (exact) mass is 387 g/mol. The topological polar surface area (TPSA) is 75.9 Å². The number of rotatable bonds is 5. The lowest BCUT2D eigenvalue weighted by Crippen LogP contribution is -2.51. The fraction of sp³-hybridized carbons (Fsp3) is 0.636. The van der Waals surface area contributed by atoms with Gasteiger partial charge in [0.05, 0.1) is 7.11 Å². The van der Waals surface area contributed by atoms with Gasteiger partial charge in [-0.1, -0.05) is 25.3 Å². The van der Waals surface area contributed by atoms with Crippen molar-refractivity contribution in [2.45, 2.75) is 45.4 Å². The SMILES string of the molecule is COc1cc(C(=O)N2CCN(C(=O)CC3(CN)CCCCC3)CC2)ccc1C. The first-order valence-corrected chi connectivity index (χ1v) is 10.4. The van der Waals surface area contributed by atoms with E-state index in [0.717, 1.165) is 24.2 Å². The van der Waals surface area contributed by atoms with Crippen LogP contribution in [0.25, 0.3) is 0 Å². The van der Waals surface area contributed by atoms with Crippen LogP contribution in [0.5, 0.6) is 5.75 Å². The second-order valence-corrected chi connectivity index (χ2v) is 8.30. The Morgan fingerprint density at radius 2 is 1.71 bits per heavy atom. The molecule has 1 aromatic rings. The van der Waals surface area contributed by atoms with Crippen molar-refractivity contribution in [1.82, 2.24) is 9.80 Å². The lowest BCUT2D eigenvalue weighted by molar-refractivity contribution is -0.135. The van der Waals surface area contributed by atoms with E-state index in [9.17, 15) is 9.59 Å². The molecule has 0 spiro atoms. The minimum atomic E-state index is -0.0132. The van der Waals surface area contributed by atoms with Crippen LogP contribution in [0.2, 0.25) is 0 Å². The Morgan fingerprint density at radius 1 is 1.07 bits per heavy atom. The molecule has 1 aliphatic carbocycles. The van der Waals surface area contributed by atoms with Crippen LogP contribution in [-0.4, -0.2) is 61.4 Å². The third-order valence-electron chi connectivity index (χ3n) is 6.45. The lowest BCUT2D eigenvalue weighted by Gasteiger charge is -2.39. The van der Waals surface area contributed by atoms with Gasteiger partial charge in [-0.25, -0.2) is 0 Å². The van der Waals surface area contributed by atoms with Crippen LogP contribution in [0.15, 0.2) is 18.2 Å². The second-order valence-electron chi connectivity index (χ2n) is 8.30. The van der Waals surface area contributed by atoms with E-state index >= 15 is 0 Å². The third-order valence-corrected chi connectivity index (χ3v) is 6.45. The summed E-state index contributed by atoms with van der Waals surface area (Å²) in [6.45, 7) is 4.86. The number of carbonyl (C=O) groups excluding carboxylic acids is 2. The van der Waals surface area contributed by atoms with Crippen LogP contribution in [0.1, 0.15) is 54.4 Å². The molecule has 1 saturated carbocycles. The molecule has 6 heteroatoms. The van der Waals surface area contributed by atoms with Crippen LogP contribution in [0, 0.1) is 12.3 Å². The third kappa shape index (κ3) is 4.49. The first-order valence-electron chi connectivity index (χ1n) is 10.4. The van der Waals surface area contributed by atoms with Crippen LogP contribution >= 0.6 is 0 Å². The maximum Gasteiger partial charge on any atom is 0.254 e. The van der Waals surface area contributed by atoms with Crippen molar-refractivity contribution in [1.29, 1.82) is 0 Å². The van der Waals surface area contributed by atoms with Crippen LogP contribution in [0.4, 0.5) is 0 Å². The Bertz CT molecular complexity index is 705. The Balaban J connectivity index is 1.56. The van der Waals surface area contributed by atoms with E-state index in [4.69, 9.17) is 10.5 Å². The predicted molar refractivity (Wildman–Crippen MR) is 109 cm³/mol. The number of nitrogens with zero attached hydrogens (tertiary/aromatic N) is 2. The zero-order valence-corrected chi connectivity index (χ0v) is 17.2. The van der Waals surface area contributed by atoms with E-state index in [0.29, 0.717) is 44.7 Å². The maximum absolute atomic E-state index is 12.8. The smallest absolute Gasteiger partial charge is 0.254 e. The Morgan fingerprint density at radius 3 is 2.32 bits per heavy atom. The molecule has 1 saturated heterocycles. The highest BCUT2D eigenvalue weighted by Gasteiger charge is 2.35. The van der Waals surface area contributed by atoms with Gasteiger partial charge in [0.25, 0.3) is 5.91 Å². The molecule has 28 heavy (non-hydrogen) atoms. The summed E-state index contributed by atoms with van der Waals surface area (Å²) in [4.78, 5) is 29.4. The van der Waals surface area contributed by atoms with E-state index in [1.807, 2.05) is 28.9 Å². The molecule has 3 rings (SSSR count). The minimum absolute atomic E-state index is 0.00360. The largest absolute Gasteiger partial charge is 0.496 e. The van der Waals surface area contributed by atoms with Crippen molar-refractivity contribution in [3.8, 4) is 5.75 Å². The molecule has 1 aromatic carbocycles. The van der Waals surface area contributed by atoms with Crippen molar-refractivity contribution in [2.24, 2.45) is 11.1 Å². The van der Waals surface area contributed by atoms with Gasteiger partial charge < -0.3 is 20.3 Å². The van der Waals surface area contributed by atoms with Crippen molar-refractivity contribution in [2.75, 3.05) is 39.8 Å². The number of hydrogen-bond donors (Lipinski definition) is 1. The van der Waals surface area contributed by atoms with Crippen LogP contribution < -0.4 is 10.5 Å². The van der Waals surface area contributed by atoms with Crippen molar-refractivity contribution in [3.63, 3.8) is 0 Å². The molecule has 2 N–H and O–H groups in total. The summed E-state index contributed by atoms with van der Waals surface area (Å²) in [6, 6.07) is 5.54. The first-order chi connectivity index (χ1) is 13.5. The summed E-state index contributed by atoms with van der Waals surface area (Å²) in [5.41, 5.74) is 7.67. The highest BCUT2D eigenvalue weighted by molar-refractivity contribution is 5.95. The number of piperazine rings is 1. The number of hydrogen-bond acceptors (Lipinski definition) is 4. The summed E-state index contributed by atoms with van der Waals surface area (Å²) >= 11 is 0. The van der Waals surface area contributed by atoms with Gasteiger partial charge in [-0.3, -0.25) is 9.59 Å². The number of aryl methyl sites for hydroxylation is 1. The van der Waals surface area contributed by atoms with Crippen LogP contribution in [-0.2, 0) is 4.79 Å².